The SMILES string of the molecule is CC1CC2(N=CNC2=O)c2ccccc2O1. The maximum atomic E-state index is 12.0. The highest BCUT2D eigenvalue weighted by Gasteiger charge is 2.48. The summed E-state index contributed by atoms with van der Waals surface area (Å²) in [6.45, 7) is 1.96. The van der Waals surface area contributed by atoms with Crippen LogP contribution in [0.15, 0.2) is 29.3 Å². The minimum Gasteiger partial charge on any atom is -0.490 e. The van der Waals surface area contributed by atoms with E-state index < -0.39 is 5.54 Å². The van der Waals surface area contributed by atoms with Crippen LogP contribution in [0.4, 0.5) is 0 Å². The van der Waals surface area contributed by atoms with E-state index in [4.69, 9.17) is 4.74 Å². The molecule has 0 saturated carbocycles. The number of nitrogens with zero attached hydrogens (tertiary/aromatic N) is 1. The molecule has 0 radical (unpaired) electrons. The van der Waals surface area contributed by atoms with Crippen molar-refractivity contribution in [3.05, 3.63) is 29.8 Å². The molecule has 1 amide bonds. The van der Waals surface area contributed by atoms with Crippen molar-refractivity contribution in [3.63, 3.8) is 0 Å². The Balaban J connectivity index is 2.21. The third-order valence-corrected chi connectivity index (χ3v) is 3.10. The minimum absolute atomic E-state index is 0.00380. The maximum Gasteiger partial charge on any atom is 0.257 e. The van der Waals surface area contributed by atoms with Crippen LogP contribution in [0.3, 0.4) is 0 Å². The zero-order chi connectivity index (χ0) is 11.2. The molecule has 1 spiro atoms. The molecule has 0 aromatic heterocycles. The van der Waals surface area contributed by atoms with Crippen LogP contribution in [0, 0.1) is 0 Å². The molecule has 1 aromatic rings. The molecule has 0 bridgehead atoms. The fraction of sp³-hybridized carbons (Fsp3) is 0.333. The van der Waals surface area contributed by atoms with E-state index in [1.165, 1.54) is 6.34 Å². The zero-order valence-electron chi connectivity index (χ0n) is 8.93. The van der Waals surface area contributed by atoms with Crippen LogP contribution in [0.1, 0.15) is 18.9 Å². The molecule has 4 heteroatoms. The number of fused-ring (bicyclic) bond motifs is 2. The predicted octanol–water partition coefficient (Wildman–Crippen LogP) is 1.21. The molecule has 82 valence electrons. The molecular weight excluding hydrogens is 204 g/mol. The minimum atomic E-state index is -0.770. The summed E-state index contributed by atoms with van der Waals surface area (Å²) in [4.78, 5) is 16.3. The Morgan fingerprint density at radius 2 is 2.31 bits per heavy atom. The Morgan fingerprint density at radius 1 is 1.50 bits per heavy atom. The Morgan fingerprint density at radius 3 is 3.06 bits per heavy atom. The van der Waals surface area contributed by atoms with Gasteiger partial charge in [-0.05, 0) is 13.0 Å². The lowest BCUT2D eigenvalue weighted by atomic mass is 9.82. The van der Waals surface area contributed by atoms with E-state index in [2.05, 4.69) is 10.3 Å². The van der Waals surface area contributed by atoms with Crippen molar-refractivity contribution in [2.75, 3.05) is 0 Å². The summed E-state index contributed by atoms with van der Waals surface area (Å²) < 4.78 is 5.71. The first-order valence-electron chi connectivity index (χ1n) is 5.33. The van der Waals surface area contributed by atoms with Gasteiger partial charge < -0.3 is 10.1 Å². The number of para-hydroxylation sites is 1. The first kappa shape index (κ1) is 9.39. The summed E-state index contributed by atoms with van der Waals surface area (Å²) in [6.07, 6.45) is 2.07. The average molecular weight is 216 g/mol. The van der Waals surface area contributed by atoms with Crippen LogP contribution in [-0.2, 0) is 10.3 Å². The quantitative estimate of drug-likeness (QED) is 0.708. The molecular formula is C12H12N2O2. The highest BCUT2D eigenvalue weighted by Crippen LogP contribution is 2.43. The van der Waals surface area contributed by atoms with E-state index >= 15 is 0 Å². The summed E-state index contributed by atoms with van der Waals surface area (Å²) >= 11 is 0. The Bertz CT molecular complexity index is 484. The molecule has 0 saturated heterocycles. The summed E-state index contributed by atoms with van der Waals surface area (Å²) in [5.41, 5.74) is 0.0909. The number of benzene rings is 1. The number of nitrogens with one attached hydrogen (secondary N) is 1. The van der Waals surface area contributed by atoms with E-state index in [0.29, 0.717) is 6.42 Å². The number of amides is 1. The second-order valence-electron chi connectivity index (χ2n) is 4.22. The van der Waals surface area contributed by atoms with Crippen LogP contribution < -0.4 is 10.1 Å². The van der Waals surface area contributed by atoms with Crippen molar-refractivity contribution in [2.24, 2.45) is 4.99 Å². The molecule has 2 aliphatic heterocycles. The van der Waals surface area contributed by atoms with Gasteiger partial charge in [-0.1, -0.05) is 18.2 Å². The highest BCUT2D eigenvalue weighted by molar-refractivity contribution is 6.01. The number of carbonyl (C=O) groups excluding carboxylic acids is 1. The number of hydrogen-bond donors (Lipinski definition) is 1. The number of aliphatic imine (C=N–C) groups is 1. The van der Waals surface area contributed by atoms with Gasteiger partial charge >= 0.3 is 0 Å². The second kappa shape index (κ2) is 3.07. The number of carbonyl (C=O) groups is 1. The largest absolute Gasteiger partial charge is 0.490 e. The summed E-state index contributed by atoms with van der Waals surface area (Å²) in [7, 11) is 0. The monoisotopic (exact) mass is 216 g/mol. The predicted molar refractivity (Wildman–Crippen MR) is 59.5 cm³/mol. The Labute approximate surface area is 93.3 Å². The van der Waals surface area contributed by atoms with E-state index in [1.54, 1.807) is 0 Å². The molecule has 0 fully saturated rings. The van der Waals surface area contributed by atoms with Crippen molar-refractivity contribution >= 4 is 12.2 Å². The number of rotatable bonds is 0. The topological polar surface area (TPSA) is 50.7 Å². The second-order valence-corrected chi connectivity index (χ2v) is 4.22. The first-order valence-corrected chi connectivity index (χ1v) is 5.33. The lowest BCUT2D eigenvalue weighted by Crippen LogP contribution is -2.43. The third kappa shape index (κ3) is 1.10. The molecule has 2 unspecified atom stereocenters. The van der Waals surface area contributed by atoms with Crippen molar-refractivity contribution in [2.45, 2.75) is 25.0 Å². The molecule has 16 heavy (non-hydrogen) atoms. The Kier molecular flexibility index (Phi) is 1.80. The Hall–Kier alpha value is -1.84. The van der Waals surface area contributed by atoms with Crippen LogP contribution in [0.5, 0.6) is 5.75 Å². The normalized spacial score (nSPS) is 31.1. The van der Waals surface area contributed by atoms with Crippen LogP contribution in [-0.4, -0.2) is 18.3 Å². The fourth-order valence-electron chi connectivity index (χ4n) is 2.41. The van der Waals surface area contributed by atoms with Gasteiger partial charge in [0.2, 0.25) is 0 Å². The van der Waals surface area contributed by atoms with Gasteiger partial charge in [-0.2, -0.15) is 0 Å². The fourth-order valence-corrected chi connectivity index (χ4v) is 2.41. The smallest absolute Gasteiger partial charge is 0.257 e. The summed E-state index contributed by atoms with van der Waals surface area (Å²) in [6, 6.07) is 7.60. The van der Waals surface area contributed by atoms with Crippen LogP contribution in [0.2, 0.25) is 0 Å². The molecule has 4 nitrogen and oxygen atoms in total. The van der Waals surface area contributed by atoms with Crippen molar-refractivity contribution in [1.29, 1.82) is 0 Å². The van der Waals surface area contributed by atoms with Gasteiger partial charge in [-0.15, -0.1) is 0 Å². The van der Waals surface area contributed by atoms with E-state index in [9.17, 15) is 4.79 Å². The molecule has 1 N–H and O–H groups in total. The highest BCUT2D eigenvalue weighted by atomic mass is 16.5. The van der Waals surface area contributed by atoms with Gasteiger partial charge in [-0.25, -0.2) is 0 Å². The van der Waals surface area contributed by atoms with E-state index in [-0.39, 0.29) is 12.0 Å². The molecule has 2 atom stereocenters. The number of ether oxygens (including phenoxy) is 1. The van der Waals surface area contributed by atoms with Crippen molar-refractivity contribution in [3.8, 4) is 5.75 Å². The van der Waals surface area contributed by atoms with Crippen LogP contribution in [0.25, 0.3) is 0 Å². The standard InChI is InChI=1S/C12H12N2O2/c1-8-6-12(11(15)13-7-14-12)9-4-2-3-5-10(9)16-8/h2-5,7-8H,6H2,1H3,(H,13,14,15). The first-order chi connectivity index (χ1) is 7.72. The number of hydrogen-bond acceptors (Lipinski definition) is 3. The third-order valence-electron chi connectivity index (χ3n) is 3.10. The van der Waals surface area contributed by atoms with Gasteiger partial charge in [-0.3, -0.25) is 9.79 Å². The molecule has 2 heterocycles. The van der Waals surface area contributed by atoms with Gasteiger partial charge in [0, 0.05) is 12.0 Å². The summed E-state index contributed by atoms with van der Waals surface area (Å²) in [5, 5.41) is 2.66. The van der Waals surface area contributed by atoms with Gasteiger partial charge in [0.25, 0.3) is 5.91 Å². The van der Waals surface area contributed by atoms with Crippen LogP contribution >= 0.6 is 0 Å². The summed E-state index contributed by atoms with van der Waals surface area (Å²) in [5.74, 6) is 0.700. The lowest BCUT2D eigenvalue weighted by molar-refractivity contribution is -0.125. The van der Waals surface area contributed by atoms with Gasteiger partial charge in [0.1, 0.15) is 5.75 Å². The average Bonchev–Trinajstić information content (AvgIpc) is 2.61. The zero-order valence-corrected chi connectivity index (χ0v) is 8.93. The molecule has 3 rings (SSSR count). The van der Waals surface area contributed by atoms with Gasteiger partial charge in [0.05, 0.1) is 12.4 Å². The van der Waals surface area contributed by atoms with E-state index in [0.717, 1.165) is 11.3 Å². The molecule has 2 aliphatic rings. The molecule has 1 aromatic carbocycles. The van der Waals surface area contributed by atoms with Crippen molar-refractivity contribution in [1.82, 2.24) is 5.32 Å². The van der Waals surface area contributed by atoms with Gasteiger partial charge in [0.15, 0.2) is 5.54 Å². The van der Waals surface area contributed by atoms with E-state index in [1.807, 2.05) is 31.2 Å². The maximum absolute atomic E-state index is 12.0. The lowest BCUT2D eigenvalue weighted by Gasteiger charge is -2.34. The molecule has 0 aliphatic carbocycles. The van der Waals surface area contributed by atoms with Crippen molar-refractivity contribution < 1.29 is 9.53 Å².